The van der Waals surface area contributed by atoms with Gasteiger partial charge in [0.1, 0.15) is 6.10 Å². The maximum absolute atomic E-state index is 13.7. The van der Waals surface area contributed by atoms with Crippen molar-refractivity contribution in [1.29, 1.82) is 0 Å². The first kappa shape index (κ1) is 20.5. The molecule has 1 aliphatic rings. The Morgan fingerprint density at radius 2 is 2.23 bits per heavy atom. The summed E-state index contributed by atoms with van der Waals surface area (Å²) in [6.45, 7) is 5.25. The fourth-order valence-corrected chi connectivity index (χ4v) is 2.65. The van der Waals surface area contributed by atoms with E-state index in [2.05, 4.69) is 15.6 Å². The number of ether oxygens (including phenoxy) is 3. The summed E-state index contributed by atoms with van der Waals surface area (Å²) < 4.78 is 30.6. The molecule has 6 nitrogen and oxygen atoms in total. The normalized spacial score (nSPS) is 18.6. The molecule has 0 spiro atoms. The fraction of sp³-hybridized carbons (Fsp3) is 0.632. The summed E-state index contributed by atoms with van der Waals surface area (Å²) in [5, 5.41) is 6.40. The maximum atomic E-state index is 13.7. The molecule has 26 heavy (non-hydrogen) atoms. The molecule has 146 valence electrons. The number of halogens is 1. The van der Waals surface area contributed by atoms with Crippen molar-refractivity contribution in [3.63, 3.8) is 0 Å². The van der Waals surface area contributed by atoms with Crippen molar-refractivity contribution in [1.82, 2.24) is 10.6 Å². The number of rotatable bonds is 10. The highest BCUT2D eigenvalue weighted by Crippen LogP contribution is 2.17. The number of hydrogen-bond acceptors (Lipinski definition) is 4. The first-order valence-corrected chi connectivity index (χ1v) is 9.28. The third kappa shape index (κ3) is 7.17. The zero-order chi connectivity index (χ0) is 18.6. The van der Waals surface area contributed by atoms with Gasteiger partial charge in [-0.3, -0.25) is 4.99 Å². The quantitative estimate of drug-likeness (QED) is 0.378. The van der Waals surface area contributed by atoms with E-state index >= 15 is 0 Å². The predicted octanol–water partition coefficient (Wildman–Crippen LogP) is 2.34. The topological polar surface area (TPSA) is 64.1 Å². The van der Waals surface area contributed by atoms with Gasteiger partial charge in [-0.25, -0.2) is 4.39 Å². The molecule has 1 aliphatic heterocycles. The molecule has 1 heterocycles. The van der Waals surface area contributed by atoms with Crippen molar-refractivity contribution in [2.24, 2.45) is 4.99 Å². The molecule has 2 atom stereocenters. The summed E-state index contributed by atoms with van der Waals surface area (Å²) in [5.41, 5.74) is 0. The first-order valence-electron chi connectivity index (χ1n) is 9.28. The number of nitrogens with zero attached hydrogens (tertiary/aromatic N) is 1. The highest BCUT2D eigenvalue weighted by atomic mass is 19.1. The number of aliphatic imine (C=N–C) groups is 1. The third-order valence-electron chi connectivity index (χ3n) is 4.17. The van der Waals surface area contributed by atoms with Gasteiger partial charge in [-0.05, 0) is 31.4 Å². The van der Waals surface area contributed by atoms with E-state index in [9.17, 15) is 4.39 Å². The Morgan fingerprint density at radius 3 is 2.92 bits per heavy atom. The minimum atomic E-state index is -0.350. The van der Waals surface area contributed by atoms with E-state index < -0.39 is 0 Å². The van der Waals surface area contributed by atoms with Gasteiger partial charge in [0.05, 0.1) is 25.9 Å². The smallest absolute Gasteiger partial charge is 0.191 e. The Kier molecular flexibility index (Phi) is 9.20. The van der Waals surface area contributed by atoms with Crippen LogP contribution in [0.2, 0.25) is 0 Å². The zero-order valence-corrected chi connectivity index (χ0v) is 15.7. The van der Waals surface area contributed by atoms with Crippen LogP contribution in [0.1, 0.15) is 26.2 Å². The summed E-state index contributed by atoms with van der Waals surface area (Å²) >= 11 is 0. The van der Waals surface area contributed by atoms with E-state index in [-0.39, 0.29) is 23.8 Å². The van der Waals surface area contributed by atoms with Crippen LogP contribution in [0.5, 0.6) is 5.75 Å². The lowest BCUT2D eigenvalue weighted by Crippen LogP contribution is -2.43. The SMILES string of the molecule is CCC(CNC(=NC)NCCOCC1CCCO1)Oc1ccccc1F. The lowest BCUT2D eigenvalue weighted by Gasteiger charge is -2.20. The van der Waals surface area contributed by atoms with Crippen molar-refractivity contribution in [2.45, 2.75) is 38.4 Å². The van der Waals surface area contributed by atoms with Crippen LogP contribution in [-0.2, 0) is 9.47 Å². The van der Waals surface area contributed by atoms with E-state index in [1.54, 1.807) is 25.2 Å². The Balaban J connectivity index is 1.63. The molecule has 0 radical (unpaired) electrons. The van der Waals surface area contributed by atoms with Crippen molar-refractivity contribution in [2.75, 3.05) is 40.0 Å². The van der Waals surface area contributed by atoms with Gasteiger partial charge in [0.15, 0.2) is 17.5 Å². The summed E-state index contributed by atoms with van der Waals surface area (Å²) in [5.74, 6) is 0.588. The van der Waals surface area contributed by atoms with E-state index in [1.807, 2.05) is 6.92 Å². The first-order chi connectivity index (χ1) is 12.7. The van der Waals surface area contributed by atoms with E-state index in [0.717, 1.165) is 25.9 Å². The Bertz CT molecular complexity index is 551. The lowest BCUT2D eigenvalue weighted by molar-refractivity contribution is 0.0191. The van der Waals surface area contributed by atoms with Crippen LogP contribution < -0.4 is 15.4 Å². The number of para-hydroxylation sites is 1. The van der Waals surface area contributed by atoms with E-state index in [0.29, 0.717) is 32.3 Å². The van der Waals surface area contributed by atoms with Crippen LogP contribution in [-0.4, -0.2) is 58.1 Å². The molecule has 1 aromatic carbocycles. The van der Waals surface area contributed by atoms with E-state index in [4.69, 9.17) is 14.2 Å². The Labute approximate surface area is 155 Å². The highest BCUT2D eigenvalue weighted by molar-refractivity contribution is 5.79. The third-order valence-corrected chi connectivity index (χ3v) is 4.17. The lowest BCUT2D eigenvalue weighted by atomic mass is 10.2. The monoisotopic (exact) mass is 367 g/mol. The number of guanidine groups is 1. The van der Waals surface area contributed by atoms with Crippen LogP contribution in [0.25, 0.3) is 0 Å². The van der Waals surface area contributed by atoms with Gasteiger partial charge in [-0.2, -0.15) is 0 Å². The number of nitrogens with one attached hydrogen (secondary N) is 2. The van der Waals surface area contributed by atoms with Gasteiger partial charge in [-0.15, -0.1) is 0 Å². The molecule has 2 rings (SSSR count). The molecule has 1 saturated heterocycles. The standard InChI is InChI=1S/C19H30FN3O3/c1-3-15(26-18-9-5-4-8-17(18)20)13-23-19(21-2)22-10-12-24-14-16-7-6-11-25-16/h4-5,8-9,15-16H,3,6-7,10-14H2,1-2H3,(H2,21,22,23). The second kappa shape index (κ2) is 11.7. The molecule has 7 heteroatoms. The largest absolute Gasteiger partial charge is 0.486 e. The molecule has 0 aromatic heterocycles. The summed E-state index contributed by atoms with van der Waals surface area (Å²) in [6.07, 6.45) is 3.05. The molecular formula is C19H30FN3O3. The van der Waals surface area contributed by atoms with Crippen molar-refractivity contribution in [3.05, 3.63) is 30.1 Å². The van der Waals surface area contributed by atoms with E-state index in [1.165, 1.54) is 6.07 Å². The van der Waals surface area contributed by atoms with Gasteiger partial charge in [0, 0.05) is 20.2 Å². The second-order valence-corrected chi connectivity index (χ2v) is 6.17. The summed E-state index contributed by atoms with van der Waals surface area (Å²) in [4.78, 5) is 4.18. The van der Waals surface area contributed by atoms with Crippen LogP contribution in [0.15, 0.2) is 29.3 Å². The molecule has 1 fully saturated rings. The zero-order valence-electron chi connectivity index (χ0n) is 15.7. The minimum Gasteiger partial charge on any atom is -0.486 e. The number of hydrogen-bond donors (Lipinski definition) is 2. The molecule has 2 N–H and O–H groups in total. The molecule has 2 unspecified atom stereocenters. The van der Waals surface area contributed by atoms with Crippen LogP contribution in [0, 0.1) is 5.82 Å². The van der Waals surface area contributed by atoms with Gasteiger partial charge in [0.2, 0.25) is 0 Å². The minimum absolute atomic E-state index is 0.152. The molecule has 0 bridgehead atoms. The average molecular weight is 367 g/mol. The van der Waals surface area contributed by atoms with Crippen LogP contribution >= 0.6 is 0 Å². The van der Waals surface area contributed by atoms with Crippen molar-refractivity contribution < 1.29 is 18.6 Å². The molecule has 0 aliphatic carbocycles. The van der Waals surface area contributed by atoms with Gasteiger partial charge < -0.3 is 24.8 Å². The Morgan fingerprint density at radius 1 is 1.38 bits per heavy atom. The molecule has 0 amide bonds. The molecular weight excluding hydrogens is 337 g/mol. The van der Waals surface area contributed by atoms with Gasteiger partial charge >= 0.3 is 0 Å². The predicted molar refractivity (Wildman–Crippen MR) is 100 cm³/mol. The van der Waals surface area contributed by atoms with Crippen molar-refractivity contribution in [3.8, 4) is 5.75 Å². The van der Waals surface area contributed by atoms with Crippen LogP contribution in [0.4, 0.5) is 4.39 Å². The van der Waals surface area contributed by atoms with Crippen LogP contribution in [0.3, 0.4) is 0 Å². The van der Waals surface area contributed by atoms with Gasteiger partial charge in [0.25, 0.3) is 0 Å². The van der Waals surface area contributed by atoms with Crippen molar-refractivity contribution >= 4 is 5.96 Å². The summed E-state index contributed by atoms with van der Waals surface area (Å²) in [6, 6.07) is 6.44. The average Bonchev–Trinajstić information content (AvgIpc) is 3.17. The second-order valence-electron chi connectivity index (χ2n) is 6.17. The van der Waals surface area contributed by atoms with Gasteiger partial charge in [-0.1, -0.05) is 19.1 Å². The Hall–Kier alpha value is -1.86. The highest BCUT2D eigenvalue weighted by Gasteiger charge is 2.15. The molecule has 0 saturated carbocycles. The fourth-order valence-electron chi connectivity index (χ4n) is 2.65. The summed E-state index contributed by atoms with van der Waals surface area (Å²) in [7, 11) is 1.71. The number of benzene rings is 1. The maximum Gasteiger partial charge on any atom is 0.191 e. The molecule has 1 aromatic rings.